The molecule has 3 nitrogen and oxygen atoms in total. The summed E-state index contributed by atoms with van der Waals surface area (Å²) in [5, 5.41) is 0. The third kappa shape index (κ3) is 1.09. The predicted molar refractivity (Wildman–Crippen MR) is 45.4 cm³/mol. The van der Waals surface area contributed by atoms with Crippen molar-refractivity contribution >= 4 is 0 Å². The fourth-order valence-electron chi connectivity index (χ4n) is 1.06. The molecule has 0 aliphatic heterocycles. The molecule has 2 aromatic heterocycles. The topological polar surface area (TPSA) is 41.6 Å². The molecule has 0 atom stereocenters. The highest BCUT2D eigenvalue weighted by Gasteiger charge is 2.02. The minimum Gasteiger partial charge on any atom is -0.345 e. The Morgan fingerprint density at radius 3 is 3.00 bits per heavy atom. The second kappa shape index (κ2) is 2.77. The van der Waals surface area contributed by atoms with Gasteiger partial charge in [0.05, 0.1) is 0 Å². The summed E-state index contributed by atoms with van der Waals surface area (Å²) in [5.41, 5.74) is 2.06. The van der Waals surface area contributed by atoms with Gasteiger partial charge in [0.15, 0.2) is 0 Å². The van der Waals surface area contributed by atoms with E-state index in [2.05, 4.69) is 21.1 Å². The van der Waals surface area contributed by atoms with E-state index in [1.54, 1.807) is 18.6 Å². The normalized spacial score (nSPS) is 10.1. The predicted octanol–water partition coefficient (Wildman–Crippen LogP) is 1.58. The van der Waals surface area contributed by atoms with Crippen molar-refractivity contribution in [3.05, 3.63) is 36.4 Å². The lowest BCUT2D eigenvalue weighted by atomic mass is 10.1. The number of imidazole rings is 1. The van der Waals surface area contributed by atoms with Gasteiger partial charge in [-0.05, 0) is 18.6 Å². The highest BCUT2D eigenvalue weighted by Crippen LogP contribution is 2.15. The van der Waals surface area contributed by atoms with Gasteiger partial charge in [0.25, 0.3) is 0 Å². The van der Waals surface area contributed by atoms with Crippen LogP contribution in [0.1, 0.15) is 5.56 Å². The van der Waals surface area contributed by atoms with Crippen LogP contribution in [0.15, 0.2) is 24.7 Å². The summed E-state index contributed by atoms with van der Waals surface area (Å²) in [5.74, 6) is 0.820. The van der Waals surface area contributed by atoms with Crippen LogP contribution in [0.2, 0.25) is 0 Å². The second-order valence-electron chi connectivity index (χ2n) is 2.55. The monoisotopic (exact) mass is 158 g/mol. The lowest BCUT2D eigenvalue weighted by Gasteiger charge is -1.98. The Morgan fingerprint density at radius 1 is 1.42 bits per heavy atom. The van der Waals surface area contributed by atoms with Crippen LogP contribution in [0.4, 0.5) is 0 Å². The van der Waals surface area contributed by atoms with Crippen molar-refractivity contribution < 1.29 is 0 Å². The Balaban J connectivity index is 2.55. The number of aryl methyl sites for hydroxylation is 1. The van der Waals surface area contributed by atoms with Crippen molar-refractivity contribution in [3.63, 3.8) is 0 Å². The van der Waals surface area contributed by atoms with Crippen LogP contribution >= 0.6 is 0 Å². The maximum absolute atomic E-state index is 4.12. The number of pyridine rings is 1. The van der Waals surface area contributed by atoms with Gasteiger partial charge >= 0.3 is 0 Å². The molecule has 0 aliphatic rings. The summed E-state index contributed by atoms with van der Waals surface area (Å²) in [6.45, 7) is 2.01. The van der Waals surface area contributed by atoms with E-state index >= 15 is 0 Å². The van der Waals surface area contributed by atoms with Crippen molar-refractivity contribution in [3.8, 4) is 11.4 Å². The highest BCUT2D eigenvalue weighted by atomic mass is 14.9. The average molecular weight is 158 g/mol. The van der Waals surface area contributed by atoms with Gasteiger partial charge in [0, 0.05) is 24.2 Å². The number of aromatic nitrogens is 3. The van der Waals surface area contributed by atoms with Crippen molar-refractivity contribution in [1.29, 1.82) is 0 Å². The van der Waals surface area contributed by atoms with Crippen molar-refractivity contribution in [2.24, 2.45) is 0 Å². The first-order valence-electron chi connectivity index (χ1n) is 3.71. The Kier molecular flexibility index (Phi) is 1.63. The first-order valence-corrected chi connectivity index (χ1v) is 3.71. The molecule has 0 saturated carbocycles. The molecule has 0 spiro atoms. The smallest absolute Gasteiger partial charge is 0.139 e. The molecule has 0 fully saturated rings. The molecular weight excluding hydrogens is 150 g/mol. The standard InChI is InChI=1S/C9H8N3/c1-7-2-3-10-6-8(7)9-11-4-5-12-9/h2-5H,1H3,(H,11,12). The van der Waals surface area contributed by atoms with E-state index in [1.165, 1.54) is 0 Å². The lowest BCUT2D eigenvalue weighted by Crippen LogP contribution is -1.86. The Morgan fingerprint density at radius 2 is 2.33 bits per heavy atom. The van der Waals surface area contributed by atoms with Crippen LogP contribution in [-0.2, 0) is 0 Å². The van der Waals surface area contributed by atoms with Gasteiger partial charge in [0.2, 0.25) is 0 Å². The first kappa shape index (κ1) is 7.03. The molecule has 1 N–H and O–H groups in total. The number of nitrogens with one attached hydrogen (secondary N) is 1. The van der Waals surface area contributed by atoms with Gasteiger partial charge in [0.1, 0.15) is 12.0 Å². The fourth-order valence-corrected chi connectivity index (χ4v) is 1.06. The minimum absolute atomic E-state index is 0.820. The van der Waals surface area contributed by atoms with E-state index in [4.69, 9.17) is 0 Å². The maximum Gasteiger partial charge on any atom is 0.139 e. The van der Waals surface area contributed by atoms with Crippen LogP contribution in [0, 0.1) is 13.1 Å². The summed E-state index contributed by atoms with van der Waals surface area (Å²) >= 11 is 0. The Hall–Kier alpha value is -1.64. The van der Waals surface area contributed by atoms with E-state index in [0.29, 0.717) is 0 Å². The summed E-state index contributed by atoms with van der Waals surface area (Å²) in [4.78, 5) is 11.0. The number of nitrogens with zero attached hydrogens (tertiary/aromatic N) is 2. The van der Waals surface area contributed by atoms with E-state index in [9.17, 15) is 0 Å². The molecule has 0 aliphatic carbocycles. The molecule has 0 aromatic carbocycles. The van der Waals surface area contributed by atoms with Crippen LogP contribution in [0.5, 0.6) is 0 Å². The number of rotatable bonds is 1. The largest absolute Gasteiger partial charge is 0.345 e. The van der Waals surface area contributed by atoms with Gasteiger partial charge in [-0.25, -0.2) is 4.98 Å². The Labute approximate surface area is 70.5 Å². The lowest BCUT2D eigenvalue weighted by molar-refractivity contribution is 1.22. The molecule has 2 rings (SSSR count). The molecule has 0 amide bonds. The molecule has 2 heterocycles. The summed E-state index contributed by atoms with van der Waals surface area (Å²) in [7, 11) is 0. The molecule has 0 bridgehead atoms. The van der Waals surface area contributed by atoms with E-state index in [1.807, 2.05) is 13.0 Å². The van der Waals surface area contributed by atoms with Crippen LogP contribution in [0.25, 0.3) is 11.4 Å². The highest BCUT2D eigenvalue weighted by molar-refractivity contribution is 5.57. The molecule has 2 aromatic rings. The molecule has 3 heteroatoms. The van der Waals surface area contributed by atoms with Gasteiger partial charge in [-0.15, -0.1) is 0 Å². The van der Waals surface area contributed by atoms with Crippen molar-refractivity contribution in [2.45, 2.75) is 6.92 Å². The minimum atomic E-state index is 0.820. The fraction of sp³-hybridized carbons (Fsp3) is 0.111. The zero-order valence-electron chi connectivity index (χ0n) is 6.70. The van der Waals surface area contributed by atoms with E-state index in [-0.39, 0.29) is 0 Å². The molecule has 12 heavy (non-hydrogen) atoms. The maximum atomic E-state index is 4.12. The molecule has 1 radical (unpaired) electrons. The number of H-pyrrole nitrogens is 1. The Bertz CT molecular complexity index is 365. The zero-order valence-corrected chi connectivity index (χ0v) is 6.70. The van der Waals surface area contributed by atoms with E-state index < -0.39 is 0 Å². The molecule has 59 valence electrons. The van der Waals surface area contributed by atoms with Crippen LogP contribution in [-0.4, -0.2) is 15.0 Å². The first-order chi connectivity index (χ1) is 5.88. The molecule has 0 unspecified atom stereocenters. The average Bonchev–Trinajstić information content (AvgIpc) is 2.57. The molecule has 0 saturated heterocycles. The number of hydrogen-bond donors (Lipinski definition) is 1. The third-order valence-electron chi connectivity index (χ3n) is 1.70. The second-order valence-corrected chi connectivity index (χ2v) is 2.55. The van der Waals surface area contributed by atoms with Crippen LogP contribution < -0.4 is 0 Å². The van der Waals surface area contributed by atoms with Crippen molar-refractivity contribution in [2.75, 3.05) is 0 Å². The molecular formula is C9H8N3. The number of hydrogen-bond acceptors (Lipinski definition) is 2. The zero-order chi connectivity index (χ0) is 8.39. The van der Waals surface area contributed by atoms with Gasteiger partial charge in [-0.1, -0.05) is 0 Å². The quantitative estimate of drug-likeness (QED) is 0.684. The van der Waals surface area contributed by atoms with Gasteiger partial charge in [-0.3, -0.25) is 4.98 Å². The number of aromatic amines is 1. The van der Waals surface area contributed by atoms with Gasteiger partial charge < -0.3 is 4.98 Å². The summed E-state index contributed by atoms with van der Waals surface area (Å²) < 4.78 is 0. The van der Waals surface area contributed by atoms with Gasteiger partial charge in [-0.2, -0.15) is 0 Å². The third-order valence-corrected chi connectivity index (χ3v) is 1.70. The SMILES string of the molecule is Cc1ccn[c]c1-c1ncc[nH]1. The summed E-state index contributed by atoms with van der Waals surface area (Å²) in [6.07, 6.45) is 8.12. The van der Waals surface area contributed by atoms with Crippen LogP contribution in [0.3, 0.4) is 0 Å². The van der Waals surface area contributed by atoms with E-state index in [0.717, 1.165) is 17.0 Å². The van der Waals surface area contributed by atoms with Crippen molar-refractivity contribution in [1.82, 2.24) is 15.0 Å². The summed E-state index contributed by atoms with van der Waals surface area (Å²) in [6, 6.07) is 1.94.